The maximum absolute atomic E-state index is 12.7. The summed E-state index contributed by atoms with van der Waals surface area (Å²) in [5.41, 5.74) is 6.02. The van der Waals surface area contributed by atoms with Gasteiger partial charge in [-0.25, -0.2) is 0 Å². The van der Waals surface area contributed by atoms with E-state index in [9.17, 15) is 4.79 Å². The molecule has 1 aromatic carbocycles. The molecule has 0 fully saturated rings. The predicted molar refractivity (Wildman–Crippen MR) is 89.0 cm³/mol. The number of aromatic nitrogens is 2. The van der Waals surface area contributed by atoms with Gasteiger partial charge >= 0.3 is 0 Å². The summed E-state index contributed by atoms with van der Waals surface area (Å²) in [5.74, 6) is 0.153. The van der Waals surface area contributed by atoms with Gasteiger partial charge in [0, 0.05) is 12.1 Å². The number of carbonyl (C=O) groups is 1. The standard InChI is InChI=1S/C17H21BrN2O/c1-6-20-14(17(18)13(5)19-20)9-15(21)16-11(3)7-10(2)8-12(16)4/h7-8H,6,9H2,1-5H3. The fraction of sp³-hybridized carbons (Fsp3) is 0.412. The van der Waals surface area contributed by atoms with E-state index < -0.39 is 0 Å². The Kier molecular flexibility index (Phi) is 4.67. The Labute approximate surface area is 134 Å². The molecular weight excluding hydrogens is 328 g/mol. The number of benzene rings is 1. The third kappa shape index (κ3) is 3.10. The number of halogens is 1. The zero-order valence-corrected chi connectivity index (χ0v) is 14.8. The first kappa shape index (κ1) is 16.0. The molecule has 0 atom stereocenters. The molecule has 112 valence electrons. The van der Waals surface area contributed by atoms with Crippen molar-refractivity contribution in [1.29, 1.82) is 0 Å². The van der Waals surface area contributed by atoms with Crippen LogP contribution in [0.2, 0.25) is 0 Å². The quantitative estimate of drug-likeness (QED) is 0.771. The molecule has 0 aliphatic carbocycles. The first-order valence-electron chi connectivity index (χ1n) is 7.18. The van der Waals surface area contributed by atoms with Gasteiger partial charge in [0.05, 0.1) is 22.3 Å². The monoisotopic (exact) mass is 348 g/mol. The van der Waals surface area contributed by atoms with E-state index in [0.717, 1.165) is 39.1 Å². The van der Waals surface area contributed by atoms with Crippen molar-refractivity contribution >= 4 is 21.7 Å². The molecule has 0 aliphatic rings. The normalized spacial score (nSPS) is 11.0. The lowest BCUT2D eigenvalue weighted by Crippen LogP contribution is -2.12. The number of ketones is 1. The SMILES string of the molecule is CCn1nc(C)c(Br)c1CC(=O)c1c(C)cc(C)cc1C. The van der Waals surface area contributed by atoms with E-state index >= 15 is 0 Å². The number of carbonyl (C=O) groups excluding carboxylic acids is 1. The van der Waals surface area contributed by atoms with Gasteiger partial charge < -0.3 is 0 Å². The Hall–Kier alpha value is -1.42. The molecule has 0 spiro atoms. The van der Waals surface area contributed by atoms with Gasteiger partial charge in [-0.2, -0.15) is 5.10 Å². The summed E-state index contributed by atoms with van der Waals surface area (Å²) in [7, 11) is 0. The van der Waals surface area contributed by atoms with E-state index in [-0.39, 0.29) is 5.78 Å². The maximum atomic E-state index is 12.7. The summed E-state index contributed by atoms with van der Waals surface area (Å²) in [6, 6.07) is 4.13. The summed E-state index contributed by atoms with van der Waals surface area (Å²) < 4.78 is 2.84. The van der Waals surface area contributed by atoms with E-state index in [1.165, 1.54) is 5.56 Å². The summed E-state index contributed by atoms with van der Waals surface area (Å²) >= 11 is 3.56. The Morgan fingerprint density at radius 1 is 1.19 bits per heavy atom. The van der Waals surface area contributed by atoms with Crippen molar-refractivity contribution in [2.24, 2.45) is 0 Å². The van der Waals surface area contributed by atoms with Gasteiger partial charge in [0.15, 0.2) is 5.78 Å². The third-order valence-electron chi connectivity index (χ3n) is 3.74. The number of nitrogens with zero attached hydrogens (tertiary/aromatic N) is 2. The highest BCUT2D eigenvalue weighted by atomic mass is 79.9. The highest BCUT2D eigenvalue weighted by molar-refractivity contribution is 9.10. The summed E-state index contributed by atoms with van der Waals surface area (Å²) in [4.78, 5) is 12.7. The van der Waals surface area contributed by atoms with E-state index in [0.29, 0.717) is 6.42 Å². The van der Waals surface area contributed by atoms with Crippen molar-refractivity contribution < 1.29 is 4.79 Å². The van der Waals surface area contributed by atoms with Crippen LogP contribution in [0.5, 0.6) is 0 Å². The zero-order valence-electron chi connectivity index (χ0n) is 13.2. The van der Waals surface area contributed by atoms with Crippen LogP contribution in [-0.4, -0.2) is 15.6 Å². The van der Waals surface area contributed by atoms with Crippen molar-refractivity contribution in [3.8, 4) is 0 Å². The van der Waals surface area contributed by atoms with Gasteiger partial charge in [-0.15, -0.1) is 0 Å². The Morgan fingerprint density at radius 2 is 1.76 bits per heavy atom. The molecule has 0 bridgehead atoms. The molecular formula is C17H21BrN2O. The highest BCUT2D eigenvalue weighted by Gasteiger charge is 2.19. The van der Waals surface area contributed by atoms with Crippen molar-refractivity contribution in [3.05, 3.63) is 50.2 Å². The van der Waals surface area contributed by atoms with Crippen LogP contribution >= 0.6 is 15.9 Å². The molecule has 0 radical (unpaired) electrons. The first-order valence-corrected chi connectivity index (χ1v) is 7.97. The third-order valence-corrected chi connectivity index (χ3v) is 4.77. The second kappa shape index (κ2) is 6.14. The van der Waals surface area contributed by atoms with Crippen LogP contribution in [0.1, 0.15) is 45.4 Å². The minimum atomic E-state index is 0.153. The number of hydrogen-bond acceptors (Lipinski definition) is 2. The van der Waals surface area contributed by atoms with E-state index in [1.807, 2.05) is 32.4 Å². The molecule has 1 heterocycles. The average Bonchev–Trinajstić information content (AvgIpc) is 2.65. The van der Waals surface area contributed by atoms with Crippen LogP contribution in [0, 0.1) is 27.7 Å². The second-order valence-electron chi connectivity index (χ2n) is 5.54. The van der Waals surface area contributed by atoms with Gasteiger partial charge in [0.2, 0.25) is 0 Å². The lowest BCUT2D eigenvalue weighted by atomic mass is 9.94. The van der Waals surface area contributed by atoms with Crippen LogP contribution in [0.15, 0.2) is 16.6 Å². The van der Waals surface area contributed by atoms with Crippen LogP contribution in [0.4, 0.5) is 0 Å². The zero-order chi connectivity index (χ0) is 15.7. The number of Topliss-reactive ketones (excluding diaryl/α,β-unsaturated/α-hetero) is 1. The Balaban J connectivity index is 2.40. The van der Waals surface area contributed by atoms with Gasteiger partial charge in [0.25, 0.3) is 0 Å². The van der Waals surface area contributed by atoms with Gasteiger partial charge in [-0.1, -0.05) is 17.7 Å². The minimum Gasteiger partial charge on any atom is -0.294 e. The van der Waals surface area contributed by atoms with Gasteiger partial charge in [0.1, 0.15) is 0 Å². The van der Waals surface area contributed by atoms with Crippen molar-refractivity contribution in [2.45, 2.75) is 47.6 Å². The molecule has 0 unspecified atom stereocenters. The molecule has 0 N–H and O–H groups in total. The molecule has 2 aromatic rings. The highest BCUT2D eigenvalue weighted by Crippen LogP contribution is 2.24. The molecule has 3 nitrogen and oxygen atoms in total. The Bertz CT molecular complexity index is 678. The topological polar surface area (TPSA) is 34.9 Å². The van der Waals surface area contributed by atoms with Crippen LogP contribution in [0.3, 0.4) is 0 Å². The number of hydrogen-bond donors (Lipinski definition) is 0. The number of rotatable bonds is 4. The molecule has 0 saturated carbocycles. The fourth-order valence-electron chi connectivity index (χ4n) is 2.90. The fourth-order valence-corrected chi connectivity index (χ4v) is 3.32. The van der Waals surface area contributed by atoms with Crippen molar-refractivity contribution in [2.75, 3.05) is 0 Å². The van der Waals surface area contributed by atoms with Crippen molar-refractivity contribution in [3.63, 3.8) is 0 Å². The first-order chi connectivity index (χ1) is 9.85. The summed E-state index contributed by atoms with van der Waals surface area (Å²) in [5, 5.41) is 4.45. The van der Waals surface area contributed by atoms with Crippen molar-refractivity contribution in [1.82, 2.24) is 9.78 Å². The lowest BCUT2D eigenvalue weighted by molar-refractivity contribution is 0.0989. The summed E-state index contributed by atoms with van der Waals surface area (Å²) in [6.07, 6.45) is 0.375. The minimum absolute atomic E-state index is 0.153. The molecule has 21 heavy (non-hydrogen) atoms. The van der Waals surface area contributed by atoms with Gasteiger partial charge in [-0.3, -0.25) is 9.48 Å². The predicted octanol–water partition coefficient (Wildman–Crippen LogP) is 4.32. The average molecular weight is 349 g/mol. The molecule has 0 amide bonds. The molecule has 0 saturated heterocycles. The summed E-state index contributed by atoms with van der Waals surface area (Å²) in [6.45, 7) is 10.8. The van der Waals surface area contributed by atoms with Crippen LogP contribution in [-0.2, 0) is 13.0 Å². The number of aryl methyl sites for hydroxylation is 5. The lowest BCUT2D eigenvalue weighted by Gasteiger charge is -2.11. The molecule has 1 aromatic heterocycles. The maximum Gasteiger partial charge on any atom is 0.169 e. The van der Waals surface area contributed by atoms with E-state index in [4.69, 9.17) is 0 Å². The smallest absolute Gasteiger partial charge is 0.169 e. The Morgan fingerprint density at radius 3 is 2.29 bits per heavy atom. The molecule has 2 rings (SSSR count). The molecule has 4 heteroatoms. The molecule has 0 aliphatic heterocycles. The largest absolute Gasteiger partial charge is 0.294 e. The van der Waals surface area contributed by atoms with E-state index in [2.05, 4.69) is 40.1 Å². The van der Waals surface area contributed by atoms with Crippen LogP contribution < -0.4 is 0 Å². The second-order valence-corrected chi connectivity index (χ2v) is 6.33. The van der Waals surface area contributed by atoms with Crippen LogP contribution in [0.25, 0.3) is 0 Å². The van der Waals surface area contributed by atoms with E-state index in [1.54, 1.807) is 0 Å². The van der Waals surface area contributed by atoms with Gasteiger partial charge in [-0.05, 0) is 61.7 Å².